The molecule has 0 aromatic heterocycles. The molecule has 0 heterocycles. The fourth-order valence-electron chi connectivity index (χ4n) is 1.52. The summed E-state index contributed by atoms with van der Waals surface area (Å²) in [6, 6.07) is 0.442. The summed E-state index contributed by atoms with van der Waals surface area (Å²) >= 11 is 5.21. The summed E-state index contributed by atoms with van der Waals surface area (Å²) in [7, 11) is 1.71. The van der Waals surface area contributed by atoms with Gasteiger partial charge in [0.2, 0.25) is 0 Å². The Bertz CT molecular complexity index is 188. The topological polar surface area (TPSA) is 33.3 Å². The van der Waals surface area contributed by atoms with Crippen LogP contribution >= 0.6 is 12.2 Å². The minimum atomic E-state index is 0.442. The van der Waals surface area contributed by atoms with Crippen LogP contribution in [0.4, 0.5) is 0 Å². The van der Waals surface area contributed by atoms with Gasteiger partial charge in [0.05, 0.1) is 0 Å². The van der Waals surface area contributed by atoms with E-state index in [1.165, 1.54) is 6.42 Å². The van der Waals surface area contributed by atoms with E-state index in [2.05, 4.69) is 31.4 Å². The summed E-state index contributed by atoms with van der Waals surface area (Å²) in [4.78, 5) is 0. The van der Waals surface area contributed by atoms with Crippen molar-refractivity contribution in [3.8, 4) is 0 Å². The molecule has 0 spiro atoms. The second-order valence-electron chi connectivity index (χ2n) is 4.40. The van der Waals surface area contributed by atoms with Crippen LogP contribution in [0.5, 0.6) is 0 Å². The summed E-state index contributed by atoms with van der Waals surface area (Å²) in [5.41, 5.74) is 0. The predicted molar refractivity (Wildman–Crippen MR) is 73.8 cm³/mol. The number of rotatable bonds is 8. The third-order valence-corrected chi connectivity index (χ3v) is 2.90. The van der Waals surface area contributed by atoms with Crippen molar-refractivity contribution in [2.45, 2.75) is 46.1 Å². The highest BCUT2D eigenvalue weighted by molar-refractivity contribution is 7.80. The molecule has 96 valence electrons. The molecular formula is C12H26N2OS. The first-order chi connectivity index (χ1) is 7.60. The Morgan fingerprint density at radius 3 is 2.62 bits per heavy atom. The smallest absolute Gasteiger partial charge is 0.166 e. The van der Waals surface area contributed by atoms with Crippen molar-refractivity contribution in [2.24, 2.45) is 5.92 Å². The van der Waals surface area contributed by atoms with Crippen LogP contribution in [0.3, 0.4) is 0 Å². The van der Waals surface area contributed by atoms with Gasteiger partial charge in [-0.1, -0.05) is 20.3 Å². The lowest BCUT2D eigenvalue weighted by molar-refractivity contribution is 0.195. The van der Waals surface area contributed by atoms with Gasteiger partial charge in [0.25, 0.3) is 0 Å². The Morgan fingerprint density at radius 2 is 2.06 bits per heavy atom. The maximum absolute atomic E-state index is 5.21. The predicted octanol–water partition coefficient (Wildman–Crippen LogP) is 2.31. The number of hydrogen-bond donors (Lipinski definition) is 2. The molecule has 0 fully saturated rings. The molecule has 0 radical (unpaired) electrons. The minimum Gasteiger partial charge on any atom is -0.385 e. The Labute approximate surface area is 105 Å². The average molecular weight is 246 g/mol. The Hall–Kier alpha value is -0.350. The number of hydrogen-bond acceptors (Lipinski definition) is 2. The van der Waals surface area contributed by atoms with E-state index in [1.54, 1.807) is 7.11 Å². The third-order valence-electron chi connectivity index (χ3n) is 2.64. The molecule has 16 heavy (non-hydrogen) atoms. The molecule has 2 N–H and O–H groups in total. The first kappa shape index (κ1) is 15.7. The van der Waals surface area contributed by atoms with Gasteiger partial charge in [-0.2, -0.15) is 0 Å². The maximum atomic E-state index is 5.21. The zero-order valence-electron chi connectivity index (χ0n) is 11.0. The highest BCUT2D eigenvalue weighted by Crippen LogP contribution is 2.08. The molecule has 0 saturated carbocycles. The van der Waals surface area contributed by atoms with Crippen LogP contribution in [-0.4, -0.2) is 31.4 Å². The summed E-state index contributed by atoms with van der Waals surface area (Å²) in [5, 5.41) is 7.24. The third kappa shape index (κ3) is 8.92. The number of nitrogens with one attached hydrogen (secondary N) is 2. The van der Waals surface area contributed by atoms with Gasteiger partial charge < -0.3 is 15.4 Å². The van der Waals surface area contributed by atoms with Crippen LogP contribution in [-0.2, 0) is 4.74 Å². The summed E-state index contributed by atoms with van der Waals surface area (Å²) in [5.74, 6) is 0.749. The van der Waals surface area contributed by atoms with Gasteiger partial charge in [0, 0.05) is 26.3 Å². The van der Waals surface area contributed by atoms with Crippen LogP contribution in [0.25, 0.3) is 0 Å². The van der Waals surface area contributed by atoms with Crippen molar-refractivity contribution in [2.75, 3.05) is 20.3 Å². The van der Waals surface area contributed by atoms with Crippen molar-refractivity contribution >= 4 is 17.3 Å². The van der Waals surface area contributed by atoms with Crippen molar-refractivity contribution in [1.29, 1.82) is 0 Å². The second kappa shape index (κ2) is 9.85. The molecule has 0 rings (SSSR count). The van der Waals surface area contributed by atoms with Gasteiger partial charge in [0.1, 0.15) is 0 Å². The van der Waals surface area contributed by atoms with Gasteiger partial charge >= 0.3 is 0 Å². The molecule has 0 bridgehead atoms. The molecule has 2 unspecified atom stereocenters. The summed E-state index contributed by atoms with van der Waals surface area (Å²) in [6.45, 7) is 8.31. The molecule has 0 aliphatic carbocycles. The molecule has 0 aromatic rings. The van der Waals surface area contributed by atoms with Crippen molar-refractivity contribution in [3.63, 3.8) is 0 Å². The zero-order chi connectivity index (χ0) is 12.4. The van der Waals surface area contributed by atoms with Crippen LogP contribution < -0.4 is 10.6 Å². The fourth-order valence-corrected chi connectivity index (χ4v) is 1.83. The first-order valence-electron chi connectivity index (χ1n) is 6.13. The fraction of sp³-hybridized carbons (Fsp3) is 0.917. The van der Waals surface area contributed by atoms with E-state index < -0.39 is 0 Å². The quantitative estimate of drug-likeness (QED) is 0.509. The van der Waals surface area contributed by atoms with Crippen molar-refractivity contribution in [3.05, 3.63) is 0 Å². The lowest BCUT2D eigenvalue weighted by Gasteiger charge is -2.19. The first-order valence-corrected chi connectivity index (χ1v) is 6.54. The molecule has 0 saturated heterocycles. The van der Waals surface area contributed by atoms with E-state index in [4.69, 9.17) is 17.0 Å². The van der Waals surface area contributed by atoms with Gasteiger partial charge in [-0.15, -0.1) is 0 Å². The summed E-state index contributed by atoms with van der Waals surface area (Å²) < 4.78 is 4.97. The molecule has 0 aliphatic heterocycles. The van der Waals surface area contributed by atoms with Crippen LogP contribution in [0.15, 0.2) is 0 Å². The lowest BCUT2D eigenvalue weighted by Crippen LogP contribution is -2.41. The largest absolute Gasteiger partial charge is 0.385 e. The zero-order valence-corrected chi connectivity index (χ0v) is 11.8. The van der Waals surface area contributed by atoms with Gasteiger partial charge in [-0.25, -0.2) is 0 Å². The van der Waals surface area contributed by atoms with E-state index >= 15 is 0 Å². The molecule has 0 amide bonds. The standard InChI is InChI=1S/C12H26N2OS/c1-5-10(2)9-11(3)14-12(16)13-7-6-8-15-4/h10-11H,5-9H2,1-4H3,(H2,13,14,16). The van der Waals surface area contributed by atoms with E-state index in [-0.39, 0.29) is 0 Å². The van der Waals surface area contributed by atoms with E-state index in [1.807, 2.05) is 0 Å². The van der Waals surface area contributed by atoms with Crippen LogP contribution in [0.1, 0.15) is 40.0 Å². The van der Waals surface area contributed by atoms with Crippen molar-refractivity contribution in [1.82, 2.24) is 10.6 Å². The Balaban J connectivity index is 3.54. The molecule has 3 nitrogen and oxygen atoms in total. The Morgan fingerprint density at radius 1 is 1.38 bits per heavy atom. The van der Waals surface area contributed by atoms with Crippen molar-refractivity contribution < 1.29 is 4.74 Å². The Kier molecular flexibility index (Phi) is 9.63. The summed E-state index contributed by atoms with van der Waals surface area (Å²) in [6.07, 6.45) is 3.37. The van der Waals surface area contributed by atoms with Crippen LogP contribution in [0.2, 0.25) is 0 Å². The highest BCUT2D eigenvalue weighted by Gasteiger charge is 2.07. The van der Waals surface area contributed by atoms with Gasteiger partial charge in [-0.05, 0) is 37.9 Å². The van der Waals surface area contributed by atoms with Crippen LogP contribution in [0, 0.1) is 5.92 Å². The molecule has 2 atom stereocenters. The van der Waals surface area contributed by atoms with E-state index in [9.17, 15) is 0 Å². The van der Waals surface area contributed by atoms with E-state index in [0.29, 0.717) is 6.04 Å². The minimum absolute atomic E-state index is 0.442. The van der Waals surface area contributed by atoms with E-state index in [0.717, 1.165) is 37.0 Å². The maximum Gasteiger partial charge on any atom is 0.166 e. The average Bonchev–Trinajstić information content (AvgIpc) is 2.24. The molecule has 4 heteroatoms. The highest BCUT2D eigenvalue weighted by atomic mass is 32.1. The molecule has 0 aromatic carbocycles. The van der Waals surface area contributed by atoms with Gasteiger partial charge in [0.15, 0.2) is 5.11 Å². The van der Waals surface area contributed by atoms with Gasteiger partial charge in [-0.3, -0.25) is 0 Å². The lowest BCUT2D eigenvalue weighted by atomic mass is 10.0. The monoisotopic (exact) mass is 246 g/mol. The number of methoxy groups -OCH3 is 1. The molecular weight excluding hydrogens is 220 g/mol. The normalized spacial score (nSPS) is 14.2. The second-order valence-corrected chi connectivity index (χ2v) is 4.81. The number of ether oxygens (including phenoxy) is 1. The molecule has 0 aliphatic rings. The number of thiocarbonyl (C=S) groups is 1. The SMILES string of the molecule is CCC(C)CC(C)NC(=S)NCCCOC.